The van der Waals surface area contributed by atoms with Crippen LogP contribution < -0.4 is 10.1 Å². The third-order valence-corrected chi connectivity index (χ3v) is 2.94. The van der Waals surface area contributed by atoms with Gasteiger partial charge in [0, 0.05) is 17.8 Å². The third kappa shape index (κ3) is 3.71. The molecule has 2 aromatic carbocycles. The summed E-state index contributed by atoms with van der Waals surface area (Å²) < 4.78 is 18.2. The van der Waals surface area contributed by atoms with E-state index in [1.807, 2.05) is 25.1 Å². The lowest BCUT2D eigenvalue weighted by atomic mass is 10.1. The Kier molecular flexibility index (Phi) is 4.96. The van der Waals surface area contributed by atoms with Gasteiger partial charge in [-0.3, -0.25) is 0 Å². The maximum absolute atomic E-state index is 12.8. The van der Waals surface area contributed by atoms with Gasteiger partial charge >= 0.3 is 0 Å². The molecule has 3 nitrogen and oxygen atoms in total. The molecule has 0 aromatic heterocycles. The molecule has 0 saturated heterocycles. The van der Waals surface area contributed by atoms with E-state index in [0.717, 1.165) is 16.8 Å². The number of ether oxygens (including phenoxy) is 1. The van der Waals surface area contributed by atoms with Gasteiger partial charge in [-0.25, -0.2) is 4.39 Å². The van der Waals surface area contributed by atoms with Crippen LogP contribution in [0.25, 0.3) is 0 Å². The zero-order valence-corrected chi connectivity index (χ0v) is 11.4. The van der Waals surface area contributed by atoms with Crippen molar-refractivity contribution in [2.75, 3.05) is 11.9 Å². The summed E-state index contributed by atoms with van der Waals surface area (Å²) in [6.07, 6.45) is 0. The number of aliphatic hydroxyl groups is 1. The van der Waals surface area contributed by atoms with Crippen LogP contribution in [-0.4, -0.2) is 11.7 Å². The van der Waals surface area contributed by atoms with Gasteiger partial charge in [0.05, 0.1) is 13.2 Å². The largest absolute Gasteiger partial charge is 0.494 e. The standard InChI is InChI=1S/C16H18FNO2/c1-2-20-16-8-7-15(9-13(16)11-19)18-10-12-3-5-14(17)6-4-12/h3-9,18-19H,2,10-11H2,1H3. The molecule has 106 valence electrons. The van der Waals surface area contributed by atoms with Crippen molar-refractivity contribution in [2.24, 2.45) is 0 Å². The molecule has 0 spiro atoms. The van der Waals surface area contributed by atoms with Crippen molar-refractivity contribution in [2.45, 2.75) is 20.1 Å². The lowest BCUT2D eigenvalue weighted by molar-refractivity contribution is 0.267. The number of hydrogen-bond acceptors (Lipinski definition) is 3. The average Bonchev–Trinajstić information content (AvgIpc) is 2.48. The summed E-state index contributed by atoms with van der Waals surface area (Å²) in [5.74, 6) is 0.458. The lowest BCUT2D eigenvalue weighted by Gasteiger charge is -2.12. The number of benzene rings is 2. The fourth-order valence-electron chi connectivity index (χ4n) is 1.92. The van der Waals surface area contributed by atoms with Gasteiger partial charge in [-0.15, -0.1) is 0 Å². The Labute approximate surface area is 118 Å². The first kappa shape index (κ1) is 14.3. The Morgan fingerprint density at radius 2 is 1.90 bits per heavy atom. The molecule has 0 atom stereocenters. The van der Waals surface area contributed by atoms with E-state index in [4.69, 9.17) is 4.74 Å². The Morgan fingerprint density at radius 1 is 1.15 bits per heavy atom. The molecule has 0 unspecified atom stereocenters. The van der Waals surface area contributed by atoms with Crippen LogP contribution in [0.1, 0.15) is 18.1 Å². The van der Waals surface area contributed by atoms with Crippen molar-refractivity contribution in [3.8, 4) is 5.75 Å². The molecule has 4 heteroatoms. The second-order valence-corrected chi connectivity index (χ2v) is 4.39. The summed E-state index contributed by atoms with van der Waals surface area (Å²) in [4.78, 5) is 0. The van der Waals surface area contributed by atoms with E-state index in [1.54, 1.807) is 12.1 Å². The quantitative estimate of drug-likeness (QED) is 0.849. The van der Waals surface area contributed by atoms with Crippen LogP contribution in [0, 0.1) is 5.82 Å². The maximum atomic E-state index is 12.8. The number of hydrogen-bond donors (Lipinski definition) is 2. The van der Waals surface area contributed by atoms with Crippen LogP contribution in [0.15, 0.2) is 42.5 Å². The molecule has 0 aliphatic rings. The third-order valence-electron chi connectivity index (χ3n) is 2.94. The Hall–Kier alpha value is -2.07. The predicted octanol–water partition coefficient (Wildman–Crippen LogP) is 3.33. The molecule has 0 fully saturated rings. The summed E-state index contributed by atoms with van der Waals surface area (Å²) in [6, 6.07) is 11.9. The minimum absolute atomic E-state index is 0.0681. The van der Waals surface area contributed by atoms with Gasteiger partial charge in [-0.2, -0.15) is 0 Å². The van der Waals surface area contributed by atoms with Gasteiger partial charge in [0.25, 0.3) is 0 Å². The number of aliphatic hydroxyl groups excluding tert-OH is 1. The first-order valence-corrected chi connectivity index (χ1v) is 6.58. The van der Waals surface area contributed by atoms with Crippen LogP contribution in [0.4, 0.5) is 10.1 Å². The van der Waals surface area contributed by atoms with Crippen molar-refractivity contribution in [3.05, 3.63) is 59.4 Å². The smallest absolute Gasteiger partial charge is 0.124 e. The zero-order valence-electron chi connectivity index (χ0n) is 11.4. The summed E-state index contributed by atoms with van der Waals surface area (Å²) in [5.41, 5.74) is 2.63. The highest BCUT2D eigenvalue weighted by Gasteiger charge is 2.04. The van der Waals surface area contributed by atoms with Gasteiger partial charge < -0.3 is 15.2 Å². The minimum atomic E-state index is -0.239. The predicted molar refractivity (Wildman–Crippen MR) is 77.3 cm³/mol. The molecule has 0 bridgehead atoms. The zero-order chi connectivity index (χ0) is 14.4. The highest BCUT2D eigenvalue weighted by atomic mass is 19.1. The fourth-order valence-corrected chi connectivity index (χ4v) is 1.92. The van der Waals surface area contributed by atoms with E-state index < -0.39 is 0 Å². The van der Waals surface area contributed by atoms with Gasteiger partial charge in [0.1, 0.15) is 11.6 Å². The second kappa shape index (κ2) is 6.91. The van der Waals surface area contributed by atoms with Crippen molar-refractivity contribution >= 4 is 5.69 Å². The molecular formula is C16H18FNO2. The van der Waals surface area contributed by atoms with E-state index in [1.165, 1.54) is 12.1 Å². The van der Waals surface area contributed by atoms with Crippen LogP contribution in [-0.2, 0) is 13.2 Å². The van der Waals surface area contributed by atoms with E-state index in [2.05, 4.69) is 5.32 Å². The van der Waals surface area contributed by atoms with Crippen molar-refractivity contribution < 1.29 is 14.2 Å². The molecule has 0 saturated carbocycles. The molecule has 0 aliphatic heterocycles. The van der Waals surface area contributed by atoms with Crippen LogP contribution in [0.5, 0.6) is 5.75 Å². The SMILES string of the molecule is CCOc1ccc(NCc2ccc(F)cc2)cc1CO. The topological polar surface area (TPSA) is 41.5 Å². The van der Waals surface area contributed by atoms with E-state index in [9.17, 15) is 9.50 Å². The second-order valence-electron chi connectivity index (χ2n) is 4.39. The molecule has 0 radical (unpaired) electrons. The molecule has 0 heterocycles. The molecule has 2 N–H and O–H groups in total. The Morgan fingerprint density at radius 3 is 2.55 bits per heavy atom. The highest BCUT2D eigenvalue weighted by Crippen LogP contribution is 2.23. The average molecular weight is 275 g/mol. The molecule has 0 amide bonds. The van der Waals surface area contributed by atoms with Gasteiger partial charge in [-0.1, -0.05) is 12.1 Å². The first-order chi connectivity index (χ1) is 9.72. The maximum Gasteiger partial charge on any atom is 0.124 e. The van der Waals surface area contributed by atoms with Crippen LogP contribution >= 0.6 is 0 Å². The Bertz CT molecular complexity index is 555. The summed E-state index contributed by atoms with van der Waals surface area (Å²) in [7, 11) is 0. The molecule has 20 heavy (non-hydrogen) atoms. The van der Waals surface area contributed by atoms with Crippen LogP contribution in [0.3, 0.4) is 0 Å². The number of rotatable bonds is 6. The molecule has 2 aromatic rings. The molecule has 0 aliphatic carbocycles. The first-order valence-electron chi connectivity index (χ1n) is 6.58. The highest BCUT2D eigenvalue weighted by molar-refractivity contribution is 5.51. The number of nitrogens with one attached hydrogen (secondary N) is 1. The van der Waals surface area contributed by atoms with Crippen molar-refractivity contribution in [1.29, 1.82) is 0 Å². The van der Waals surface area contributed by atoms with Crippen LogP contribution in [0.2, 0.25) is 0 Å². The Balaban J connectivity index is 2.04. The van der Waals surface area contributed by atoms with Crippen molar-refractivity contribution in [1.82, 2.24) is 0 Å². The summed E-state index contributed by atoms with van der Waals surface area (Å²) in [6.45, 7) is 3.00. The van der Waals surface area contributed by atoms with Gasteiger partial charge in [0.15, 0.2) is 0 Å². The number of halogens is 1. The summed E-state index contributed by atoms with van der Waals surface area (Å²) in [5, 5.41) is 12.6. The van der Waals surface area contributed by atoms with E-state index in [0.29, 0.717) is 18.9 Å². The monoisotopic (exact) mass is 275 g/mol. The molecular weight excluding hydrogens is 257 g/mol. The number of anilines is 1. The van der Waals surface area contributed by atoms with E-state index in [-0.39, 0.29) is 12.4 Å². The normalized spacial score (nSPS) is 10.3. The van der Waals surface area contributed by atoms with Crippen molar-refractivity contribution in [3.63, 3.8) is 0 Å². The molecule has 2 rings (SSSR count). The van der Waals surface area contributed by atoms with E-state index >= 15 is 0 Å². The fraction of sp³-hybridized carbons (Fsp3) is 0.250. The minimum Gasteiger partial charge on any atom is -0.494 e. The van der Waals surface area contributed by atoms with Gasteiger partial charge in [-0.05, 0) is 42.8 Å². The summed E-state index contributed by atoms with van der Waals surface area (Å²) >= 11 is 0. The van der Waals surface area contributed by atoms with Gasteiger partial charge in [0.2, 0.25) is 0 Å². The lowest BCUT2D eigenvalue weighted by Crippen LogP contribution is -2.02.